The van der Waals surface area contributed by atoms with Crippen LogP contribution in [0.5, 0.6) is 11.5 Å². The van der Waals surface area contributed by atoms with E-state index in [0.717, 1.165) is 37.7 Å². The molecule has 0 atom stereocenters. The number of allylic oxidation sites excluding steroid dienone is 5. The molecule has 48 heavy (non-hydrogen) atoms. The molecule has 0 aromatic heterocycles. The van der Waals surface area contributed by atoms with Gasteiger partial charge in [-0.2, -0.15) is 0 Å². The summed E-state index contributed by atoms with van der Waals surface area (Å²) in [6, 6.07) is 15.5. The second-order valence-corrected chi connectivity index (χ2v) is 12.8. The van der Waals surface area contributed by atoms with E-state index < -0.39 is 0 Å². The summed E-state index contributed by atoms with van der Waals surface area (Å²) in [7, 11) is 0. The molecule has 0 unspecified atom stereocenters. The van der Waals surface area contributed by atoms with E-state index in [9.17, 15) is 9.59 Å². The predicted octanol–water partition coefficient (Wildman–Crippen LogP) is 13.2. The molecule has 0 radical (unpaired) electrons. The first-order chi connectivity index (χ1) is 23.4. The van der Waals surface area contributed by atoms with E-state index in [2.05, 4.69) is 43.9 Å². The number of aryl methyl sites for hydroxylation is 2. The second-order valence-electron chi connectivity index (χ2n) is 12.8. The van der Waals surface area contributed by atoms with Gasteiger partial charge < -0.3 is 9.47 Å². The number of ether oxygens (including phenoxy) is 2. The molecule has 2 aromatic rings. The fourth-order valence-electron chi connectivity index (χ4n) is 5.43. The van der Waals surface area contributed by atoms with Gasteiger partial charge in [-0.25, -0.2) is 0 Å². The summed E-state index contributed by atoms with van der Waals surface area (Å²) in [5.41, 5.74) is 2.36. The van der Waals surface area contributed by atoms with Crippen LogP contribution < -0.4 is 9.47 Å². The summed E-state index contributed by atoms with van der Waals surface area (Å²) < 4.78 is 10.5. The maximum atomic E-state index is 12.2. The Morgan fingerprint density at radius 3 is 1.85 bits per heavy atom. The Bertz CT molecular complexity index is 1160. The quantitative estimate of drug-likeness (QED) is 0.0437. The highest BCUT2D eigenvalue weighted by Crippen LogP contribution is 2.18. The molecule has 0 bridgehead atoms. The molecule has 4 nitrogen and oxygen atoms in total. The monoisotopic (exact) mass is 658 g/mol. The molecular formula is C44H66O4. The fourth-order valence-corrected chi connectivity index (χ4v) is 5.43. The minimum absolute atomic E-state index is 0.0880. The number of carbonyl (C=O) groups excluding carboxylic acids is 2. The molecule has 4 heteroatoms. The van der Waals surface area contributed by atoms with Crippen LogP contribution in [0, 0.1) is 6.92 Å². The van der Waals surface area contributed by atoms with E-state index >= 15 is 0 Å². The molecule has 2 rings (SSSR count). The van der Waals surface area contributed by atoms with Crippen LogP contribution in [0.15, 0.2) is 85.5 Å². The first kappa shape index (κ1) is 42.6. The van der Waals surface area contributed by atoms with Gasteiger partial charge in [-0.1, -0.05) is 145 Å². The number of hydrogen-bond acceptors (Lipinski definition) is 4. The Morgan fingerprint density at radius 2 is 1.21 bits per heavy atom. The van der Waals surface area contributed by atoms with E-state index in [0.29, 0.717) is 17.9 Å². The molecule has 0 N–H and O–H groups in total. The van der Waals surface area contributed by atoms with Crippen LogP contribution in [-0.2, 0) is 16.0 Å². The lowest BCUT2D eigenvalue weighted by atomic mass is 10.0. The van der Waals surface area contributed by atoms with Crippen LogP contribution in [-0.4, -0.2) is 11.9 Å². The van der Waals surface area contributed by atoms with Gasteiger partial charge in [-0.05, 0) is 87.3 Å². The molecule has 0 saturated carbocycles. The highest BCUT2D eigenvalue weighted by molar-refractivity contribution is 5.72. The molecule has 2 aromatic carbocycles. The molecule has 0 heterocycles. The van der Waals surface area contributed by atoms with Crippen molar-refractivity contribution in [1.82, 2.24) is 0 Å². The molecule has 0 amide bonds. The van der Waals surface area contributed by atoms with Gasteiger partial charge in [-0.15, -0.1) is 6.58 Å². The van der Waals surface area contributed by atoms with Crippen molar-refractivity contribution >= 4 is 11.9 Å². The number of hydrogen-bond donors (Lipinski definition) is 0. The van der Waals surface area contributed by atoms with E-state index in [4.69, 9.17) is 9.47 Å². The third-order valence-electron chi connectivity index (χ3n) is 8.11. The summed E-state index contributed by atoms with van der Waals surface area (Å²) in [6.07, 6.45) is 36.2. The average Bonchev–Trinajstić information content (AvgIpc) is 3.06. The van der Waals surface area contributed by atoms with Gasteiger partial charge >= 0.3 is 11.9 Å². The average molecular weight is 659 g/mol. The molecule has 0 aliphatic heterocycles. The van der Waals surface area contributed by atoms with Crippen molar-refractivity contribution in [1.29, 1.82) is 0 Å². The third kappa shape index (κ3) is 26.6. The number of carbonyl (C=O) groups is 2. The second kappa shape index (κ2) is 30.9. The Labute approximate surface area is 294 Å². The maximum Gasteiger partial charge on any atom is 0.311 e. The summed E-state index contributed by atoms with van der Waals surface area (Å²) in [5, 5.41) is 0. The predicted molar refractivity (Wildman–Crippen MR) is 205 cm³/mol. The van der Waals surface area contributed by atoms with Crippen LogP contribution in [0.25, 0.3) is 0 Å². The van der Waals surface area contributed by atoms with Gasteiger partial charge in [0.1, 0.15) is 11.5 Å². The lowest BCUT2D eigenvalue weighted by Gasteiger charge is -2.07. The van der Waals surface area contributed by atoms with Crippen molar-refractivity contribution in [3.63, 3.8) is 0 Å². The molecule has 266 valence electrons. The first-order valence-corrected chi connectivity index (χ1v) is 18.9. The molecule has 0 spiro atoms. The largest absolute Gasteiger partial charge is 0.427 e. The number of rotatable bonds is 26. The van der Waals surface area contributed by atoms with Crippen LogP contribution >= 0.6 is 0 Å². The van der Waals surface area contributed by atoms with Crippen LogP contribution in [0.4, 0.5) is 0 Å². The Balaban J connectivity index is 0.000000879. The van der Waals surface area contributed by atoms with Gasteiger partial charge in [0, 0.05) is 13.3 Å². The van der Waals surface area contributed by atoms with E-state index in [-0.39, 0.29) is 11.9 Å². The van der Waals surface area contributed by atoms with E-state index in [1.807, 2.05) is 49.4 Å². The minimum Gasteiger partial charge on any atom is -0.427 e. The summed E-state index contributed by atoms with van der Waals surface area (Å²) in [4.78, 5) is 22.7. The van der Waals surface area contributed by atoms with Gasteiger partial charge in [0.15, 0.2) is 0 Å². The number of benzene rings is 2. The highest BCUT2D eigenvalue weighted by atomic mass is 16.5. The van der Waals surface area contributed by atoms with Crippen LogP contribution in [0.1, 0.15) is 153 Å². The zero-order chi connectivity index (χ0) is 34.9. The van der Waals surface area contributed by atoms with Gasteiger partial charge in [-0.3, -0.25) is 9.59 Å². The van der Waals surface area contributed by atoms with Crippen molar-refractivity contribution in [2.24, 2.45) is 0 Å². The Kier molecular flexibility index (Phi) is 27.4. The van der Waals surface area contributed by atoms with Crippen LogP contribution in [0.3, 0.4) is 0 Å². The Morgan fingerprint density at radius 1 is 0.646 bits per heavy atom. The molecule has 0 aliphatic rings. The minimum atomic E-state index is -0.282. The topological polar surface area (TPSA) is 52.6 Å². The zero-order valence-electron chi connectivity index (χ0n) is 30.7. The summed E-state index contributed by atoms with van der Waals surface area (Å²) >= 11 is 0. The Hall–Kier alpha value is -3.40. The number of unbranched alkanes of at least 4 members (excludes halogenated alkanes) is 15. The van der Waals surface area contributed by atoms with E-state index in [1.54, 1.807) is 6.07 Å². The normalized spacial score (nSPS) is 11.0. The van der Waals surface area contributed by atoms with Crippen molar-refractivity contribution in [2.45, 2.75) is 156 Å². The molecule has 0 fully saturated rings. The number of esters is 2. The van der Waals surface area contributed by atoms with Gasteiger partial charge in [0.25, 0.3) is 0 Å². The van der Waals surface area contributed by atoms with Crippen molar-refractivity contribution < 1.29 is 19.1 Å². The van der Waals surface area contributed by atoms with Crippen molar-refractivity contribution in [3.8, 4) is 11.5 Å². The van der Waals surface area contributed by atoms with Gasteiger partial charge in [0.05, 0.1) is 0 Å². The standard InChI is InChI=1S/C35H56O2.C9H10O2/c1-3-5-7-9-11-13-15-16-18-19-21-23-25-28-33-29-27-30-34(32-33)37-35(36)31-26-24-22-20-17-14-12-10-8-6-4-2;1-7-4-3-5-9(6-7)11-8(2)10/h3,7,9,13,15,27,29-30,32H,1,4-6,8,10-12,14,16-26,28,31H2,2H3;3-6H,1-2H3/b9-7-,15-13-;. The smallest absolute Gasteiger partial charge is 0.311 e. The molecule has 0 saturated heterocycles. The molecular weight excluding hydrogens is 592 g/mol. The van der Waals surface area contributed by atoms with Crippen molar-refractivity contribution in [3.05, 3.63) is 96.6 Å². The lowest BCUT2D eigenvalue weighted by Crippen LogP contribution is -2.07. The van der Waals surface area contributed by atoms with Crippen LogP contribution in [0.2, 0.25) is 0 Å². The van der Waals surface area contributed by atoms with Gasteiger partial charge in [0.2, 0.25) is 0 Å². The zero-order valence-corrected chi connectivity index (χ0v) is 30.7. The highest BCUT2D eigenvalue weighted by Gasteiger charge is 2.06. The van der Waals surface area contributed by atoms with E-state index in [1.165, 1.54) is 109 Å². The fraction of sp³-hybridized carbons (Fsp3) is 0.545. The summed E-state index contributed by atoms with van der Waals surface area (Å²) in [5.74, 6) is 0.944. The first-order valence-electron chi connectivity index (χ1n) is 18.9. The maximum absolute atomic E-state index is 12.2. The lowest BCUT2D eigenvalue weighted by molar-refractivity contribution is -0.134. The third-order valence-corrected chi connectivity index (χ3v) is 8.11. The van der Waals surface area contributed by atoms with Crippen molar-refractivity contribution in [2.75, 3.05) is 0 Å². The SMILES string of the molecule is C=CC/C=C\C/C=C\CCCCCCCc1cccc(OC(=O)CCCCCCCCCCCCC)c1.CC(=O)Oc1cccc(C)c1. The molecule has 0 aliphatic carbocycles. The summed E-state index contributed by atoms with van der Waals surface area (Å²) in [6.45, 7) is 9.33.